The maximum absolute atomic E-state index is 12.9. The van der Waals surface area contributed by atoms with Crippen LogP contribution in [0.3, 0.4) is 0 Å². The first-order valence-corrected chi connectivity index (χ1v) is 6.28. The highest BCUT2D eigenvalue weighted by Crippen LogP contribution is 2.43. The van der Waals surface area contributed by atoms with Crippen molar-refractivity contribution in [2.45, 2.75) is 24.7 Å². The largest absolute Gasteiger partial charge is 0.354 e. The first-order chi connectivity index (χ1) is 8.16. The minimum Gasteiger partial charge on any atom is -0.354 e. The number of nitrogens with one attached hydrogen (secondary N) is 1. The van der Waals surface area contributed by atoms with Crippen molar-refractivity contribution in [3.63, 3.8) is 0 Å². The second kappa shape index (κ2) is 5.05. The van der Waals surface area contributed by atoms with E-state index in [0.717, 1.165) is 24.8 Å². The van der Waals surface area contributed by atoms with Crippen LogP contribution in [0, 0.1) is 5.82 Å². The van der Waals surface area contributed by atoms with Crippen molar-refractivity contribution in [2.75, 3.05) is 12.4 Å². The summed E-state index contributed by atoms with van der Waals surface area (Å²) in [7, 11) is 0. The lowest BCUT2D eigenvalue weighted by molar-refractivity contribution is -0.119. The van der Waals surface area contributed by atoms with E-state index in [-0.39, 0.29) is 23.0 Å². The van der Waals surface area contributed by atoms with Crippen molar-refractivity contribution in [1.82, 2.24) is 5.32 Å². The highest BCUT2D eigenvalue weighted by Gasteiger charge is 2.38. The summed E-state index contributed by atoms with van der Waals surface area (Å²) in [5, 5.41) is 2.82. The van der Waals surface area contributed by atoms with Gasteiger partial charge < -0.3 is 5.32 Å². The lowest BCUT2D eigenvalue weighted by atomic mass is 9.64. The Bertz CT molecular complexity index is 400. The molecule has 17 heavy (non-hydrogen) atoms. The Hall–Kier alpha value is -1.09. The molecule has 2 rings (SSSR count). The van der Waals surface area contributed by atoms with Crippen LogP contribution in [0.15, 0.2) is 24.3 Å². The number of benzene rings is 1. The van der Waals surface area contributed by atoms with Crippen molar-refractivity contribution < 1.29 is 9.18 Å². The van der Waals surface area contributed by atoms with Crippen molar-refractivity contribution in [1.29, 1.82) is 0 Å². The molecule has 0 spiro atoms. The van der Waals surface area contributed by atoms with Gasteiger partial charge in [-0.05, 0) is 30.5 Å². The molecule has 1 aliphatic rings. The van der Waals surface area contributed by atoms with Gasteiger partial charge in [0.1, 0.15) is 11.7 Å². The van der Waals surface area contributed by atoms with Crippen LogP contribution in [0.5, 0.6) is 0 Å². The molecular formula is C13H15ClFNO. The number of rotatable bonds is 4. The maximum Gasteiger partial charge on any atom is 0.234 e. The molecule has 0 bridgehead atoms. The standard InChI is InChI=1S/C13H15ClFNO/c14-8-12(17)16-9-13(6-1-7-13)10-2-4-11(15)5-3-10/h2-5H,1,6-9H2,(H,16,17). The van der Waals surface area contributed by atoms with Gasteiger partial charge in [-0.15, -0.1) is 11.6 Å². The van der Waals surface area contributed by atoms with E-state index in [0.29, 0.717) is 6.54 Å². The zero-order valence-electron chi connectivity index (χ0n) is 9.51. The molecule has 0 aromatic heterocycles. The van der Waals surface area contributed by atoms with Crippen LogP contribution in [0.1, 0.15) is 24.8 Å². The van der Waals surface area contributed by atoms with Gasteiger partial charge in [0, 0.05) is 12.0 Å². The molecule has 92 valence electrons. The summed E-state index contributed by atoms with van der Waals surface area (Å²) in [4.78, 5) is 11.2. The van der Waals surface area contributed by atoms with Crippen molar-refractivity contribution >= 4 is 17.5 Å². The molecule has 0 heterocycles. The fourth-order valence-corrected chi connectivity index (χ4v) is 2.38. The summed E-state index contributed by atoms with van der Waals surface area (Å²) in [5.74, 6) is -0.396. The fraction of sp³-hybridized carbons (Fsp3) is 0.462. The molecule has 4 heteroatoms. The number of amides is 1. The topological polar surface area (TPSA) is 29.1 Å². The Kier molecular flexibility index (Phi) is 3.67. The zero-order valence-corrected chi connectivity index (χ0v) is 10.3. The summed E-state index contributed by atoms with van der Waals surface area (Å²) >= 11 is 5.45. The first-order valence-electron chi connectivity index (χ1n) is 5.75. The van der Waals surface area contributed by atoms with Gasteiger partial charge >= 0.3 is 0 Å². The van der Waals surface area contributed by atoms with E-state index in [9.17, 15) is 9.18 Å². The van der Waals surface area contributed by atoms with Crippen LogP contribution >= 0.6 is 11.6 Å². The zero-order chi connectivity index (χ0) is 12.3. The summed E-state index contributed by atoms with van der Waals surface area (Å²) < 4.78 is 12.9. The Morgan fingerprint density at radius 2 is 2.00 bits per heavy atom. The monoisotopic (exact) mass is 255 g/mol. The van der Waals surface area contributed by atoms with Crippen molar-refractivity contribution in [3.8, 4) is 0 Å². The van der Waals surface area contributed by atoms with E-state index >= 15 is 0 Å². The number of halogens is 2. The first kappa shape index (κ1) is 12.4. The smallest absolute Gasteiger partial charge is 0.234 e. The highest BCUT2D eigenvalue weighted by atomic mass is 35.5. The molecule has 0 radical (unpaired) electrons. The molecule has 0 atom stereocenters. The summed E-state index contributed by atoms with van der Waals surface area (Å²) in [5.41, 5.74) is 1.08. The van der Waals surface area contributed by atoms with E-state index in [2.05, 4.69) is 5.32 Å². The van der Waals surface area contributed by atoms with Gasteiger partial charge in [-0.25, -0.2) is 4.39 Å². The van der Waals surface area contributed by atoms with Gasteiger partial charge in [-0.3, -0.25) is 4.79 Å². The normalized spacial score (nSPS) is 17.3. The van der Waals surface area contributed by atoms with Crippen molar-refractivity contribution in [2.24, 2.45) is 0 Å². The molecule has 1 amide bonds. The molecule has 0 unspecified atom stereocenters. The predicted molar refractivity (Wildman–Crippen MR) is 65.7 cm³/mol. The average molecular weight is 256 g/mol. The molecule has 1 saturated carbocycles. The molecule has 1 aromatic rings. The van der Waals surface area contributed by atoms with Crippen molar-refractivity contribution in [3.05, 3.63) is 35.6 Å². The van der Waals surface area contributed by atoms with Gasteiger partial charge in [0.15, 0.2) is 0 Å². The number of carbonyl (C=O) groups excluding carboxylic acids is 1. The number of carbonyl (C=O) groups is 1. The van der Waals surface area contributed by atoms with Crippen LogP contribution < -0.4 is 5.32 Å². The third-order valence-electron chi connectivity index (χ3n) is 3.51. The van der Waals surface area contributed by atoms with Crippen LogP contribution in [0.2, 0.25) is 0 Å². The third-order valence-corrected chi connectivity index (χ3v) is 3.76. The van der Waals surface area contributed by atoms with Crippen LogP contribution in [0.4, 0.5) is 4.39 Å². The van der Waals surface area contributed by atoms with E-state index in [1.165, 1.54) is 12.1 Å². The number of alkyl halides is 1. The minimum atomic E-state index is -0.229. The summed E-state index contributed by atoms with van der Waals surface area (Å²) in [6.45, 7) is 0.587. The maximum atomic E-state index is 12.9. The fourth-order valence-electron chi connectivity index (χ4n) is 2.29. The SMILES string of the molecule is O=C(CCl)NCC1(c2ccc(F)cc2)CCC1. The quantitative estimate of drug-likeness (QED) is 0.824. The molecule has 0 aliphatic heterocycles. The van der Waals surface area contributed by atoms with Crippen LogP contribution in [-0.2, 0) is 10.2 Å². The van der Waals surface area contributed by atoms with E-state index in [1.807, 2.05) is 0 Å². The molecular weight excluding hydrogens is 241 g/mol. The lowest BCUT2D eigenvalue weighted by Gasteiger charge is -2.42. The number of hydrogen-bond donors (Lipinski definition) is 1. The average Bonchev–Trinajstić information content (AvgIpc) is 2.29. The third kappa shape index (κ3) is 2.60. The molecule has 2 nitrogen and oxygen atoms in total. The van der Waals surface area contributed by atoms with E-state index in [1.54, 1.807) is 12.1 Å². The van der Waals surface area contributed by atoms with E-state index in [4.69, 9.17) is 11.6 Å². The molecule has 1 aromatic carbocycles. The molecule has 0 saturated heterocycles. The minimum absolute atomic E-state index is 0.0144. The van der Waals surface area contributed by atoms with Gasteiger partial charge in [-0.1, -0.05) is 18.6 Å². The summed E-state index contributed by atoms with van der Waals surface area (Å²) in [6.07, 6.45) is 3.20. The molecule has 1 fully saturated rings. The van der Waals surface area contributed by atoms with Crippen LogP contribution in [0.25, 0.3) is 0 Å². The van der Waals surface area contributed by atoms with Gasteiger partial charge in [-0.2, -0.15) is 0 Å². The van der Waals surface area contributed by atoms with E-state index < -0.39 is 0 Å². The van der Waals surface area contributed by atoms with Gasteiger partial charge in [0.2, 0.25) is 5.91 Å². The van der Waals surface area contributed by atoms with Crippen LogP contribution in [-0.4, -0.2) is 18.3 Å². The molecule has 1 N–H and O–H groups in total. The Labute approximate surface area is 105 Å². The second-order valence-electron chi connectivity index (χ2n) is 4.55. The summed E-state index contributed by atoms with van der Waals surface area (Å²) in [6, 6.07) is 6.56. The predicted octanol–water partition coefficient (Wildman–Crippen LogP) is 2.60. The highest BCUT2D eigenvalue weighted by molar-refractivity contribution is 6.27. The Morgan fingerprint density at radius 3 is 2.47 bits per heavy atom. The number of hydrogen-bond acceptors (Lipinski definition) is 1. The second-order valence-corrected chi connectivity index (χ2v) is 4.82. The molecule has 1 aliphatic carbocycles. The Balaban J connectivity index is 2.08. The van der Waals surface area contributed by atoms with Gasteiger partial charge in [0.25, 0.3) is 0 Å². The Morgan fingerprint density at radius 1 is 1.35 bits per heavy atom. The van der Waals surface area contributed by atoms with Gasteiger partial charge in [0.05, 0.1) is 0 Å². The lowest BCUT2D eigenvalue weighted by Crippen LogP contribution is -2.45.